The van der Waals surface area contributed by atoms with Crippen LogP contribution in [0.1, 0.15) is 30.9 Å². The number of β-amino-alcohol motifs (C(OH)–C–C–N with tert-alkyl or cyclic N) is 1. The Morgan fingerprint density at radius 2 is 2.00 bits per heavy atom. The Morgan fingerprint density at radius 3 is 2.65 bits per heavy atom. The predicted molar refractivity (Wildman–Crippen MR) is 88.9 cm³/mol. The molecule has 0 spiro atoms. The van der Waals surface area contributed by atoms with Gasteiger partial charge in [-0.2, -0.15) is 0 Å². The van der Waals surface area contributed by atoms with Gasteiger partial charge in [0.25, 0.3) is 0 Å². The molecule has 1 saturated heterocycles. The molecule has 0 saturated carbocycles. The van der Waals surface area contributed by atoms with Crippen molar-refractivity contribution in [3.63, 3.8) is 0 Å². The van der Waals surface area contributed by atoms with Crippen molar-refractivity contribution in [3.05, 3.63) is 35.4 Å². The molecule has 0 bridgehead atoms. The second-order valence-corrected chi connectivity index (χ2v) is 6.44. The Bertz CT molecular complexity index is 542. The van der Waals surface area contributed by atoms with Crippen molar-refractivity contribution in [1.29, 1.82) is 0 Å². The number of carbonyl (C=O) groups is 2. The van der Waals surface area contributed by atoms with E-state index in [1.165, 1.54) is 5.56 Å². The highest BCUT2D eigenvalue weighted by atomic mass is 16.3. The molecule has 0 aromatic heterocycles. The zero-order valence-corrected chi connectivity index (χ0v) is 13.9. The van der Waals surface area contributed by atoms with E-state index in [0.29, 0.717) is 25.9 Å². The fraction of sp³-hybridized carbons (Fsp3) is 0.556. The van der Waals surface area contributed by atoms with E-state index >= 15 is 0 Å². The van der Waals surface area contributed by atoms with E-state index < -0.39 is 6.10 Å². The van der Waals surface area contributed by atoms with Crippen LogP contribution in [-0.2, 0) is 16.0 Å². The lowest BCUT2D eigenvalue weighted by Crippen LogP contribution is -2.49. The number of aliphatic hydroxyl groups excluding tert-OH is 1. The Kier molecular flexibility index (Phi) is 6.16. The molecule has 2 unspecified atom stereocenters. The average Bonchev–Trinajstić information content (AvgIpc) is 2.54. The second kappa shape index (κ2) is 8.11. The fourth-order valence-corrected chi connectivity index (χ4v) is 2.66. The van der Waals surface area contributed by atoms with Gasteiger partial charge < -0.3 is 15.3 Å². The highest BCUT2D eigenvalue weighted by Crippen LogP contribution is 2.16. The lowest BCUT2D eigenvalue weighted by Gasteiger charge is -2.34. The molecule has 2 N–H and O–H groups in total. The molecule has 1 heterocycles. The Balaban J connectivity index is 1.69. The highest BCUT2D eigenvalue weighted by Gasteiger charge is 2.27. The van der Waals surface area contributed by atoms with Crippen molar-refractivity contribution < 1.29 is 14.7 Å². The minimum atomic E-state index is -0.468. The second-order valence-electron chi connectivity index (χ2n) is 6.44. The first-order chi connectivity index (χ1) is 11.0. The van der Waals surface area contributed by atoms with Gasteiger partial charge in [0.05, 0.1) is 12.6 Å². The SMILES string of the molecule is Cc1ccc(CCC(=O)NCC(=O)N2CCC(C)C(O)C2)cc1. The lowest BCUT2D eigenvalue weighted by atomic mass is 9.96. The number of benzene rings is 1. The van der Waals surface area contributed by atoms with Crippen LogP contribution in [0, 0.1) is 12.8 Å². The molecule has 5 heteroatoms. The molecule has 1 fully saturated rings. The van der Waals surface area contributed by atoms with E-state index in [9.17, 15) is 14.7 Å². The van der Waals surface area contributed by atoms with Crippen LogP contribution >= 0.6 is 0 Å². The molecule has 1 aliphatic heterocycles. The summed E-state index contributed by atoms with van der Waals surface area (Å²) in [5.74, 6) is -0.0207. The number of carbonyl (C=O) groups excluding carboxylic acids is 2. The molecule has 23 heavy (non-hydrogen) atoms. The van der Waals surface area contributed by atoms with Gasteiger partial charge >= 0.3 is 0 Å². The Morgan fingerprint density at radius 1 is 1.30 bits per heavy atom. The molecule has 0 radical (unpaired) electrons. The van der Waals surface area contributed by atoms with Crippen LogP contribution in [-0.4, -0.2) is 47.6 Å². The van der Waals surface area contributed by atoms with Crippen molar-refractivity contribution in [2.24, 2.45) is 5.92 Å². The van der Waals surface area contributed by atoms with Gasteiger partial charge in [0, 0.05) is 19.5 Å². The summed E-state index contributed by atoms with van der Waals surface area (Å²) in [6.07, 6.45) is 1.37. The highest BCUT2D eigenvalue weighted by molar-refractivity contribution is 5.84. The lowest BCUT2D eigenvalue weighted by molar-refractivity contribution is -0.136. The smallest absolute Gasteiger partial charge is 0.242 e. The Hall–Kier alpha value is -1.88. The zero-order chi connectivity index (χ0) is 16.8. The predicted octanol–water partition coefficient (Wildman–Crippen LogP) is 1.27. The van der Waals surface area contributed by atoms with Crippen LogP contribution in [0.2, 0.25) is 0 Å². The monoisotopic (exact) mass is 318 g/mol. The van der Waals surface area contributed by atoms with Crippen molar-refractivity contribution >= 4 is 11.8 Å². The molecule has 2 amide bonds. The fourth-order valence-electron chi connectivity index (χ4n) is 2.66. The summed E-state index contributed by atoms with van der Waals surface area (Å²) in [7, 11) is 0. The van der Waals surface area contributed by atoms with Gasteiger partial charge in [-0.05, 0) is 31.2 Å². The van der Waals surface area contributed by atoms with Crippen LogP contribution in [0.25, 0.3) is 0 Å². The van der Waals surface area contributed by atoms with E-state index in [-0.39, 0.29) is 24.3 Å². The molecule has 2 atom stereocenters. The van der Waals surface area contributed by atoms with E-state index in [2.05, 4.69) is 5.32 Å². The van der Waals surface area contributed by atoms with Gasteiger partial charge in [-0.15, -0.1) is 0 Å². The maximum atomic E-state index is 12.1. The molecule has 1 aromatic rings. The van der Waals surface area contributed by atoms with Crippen LogP contribution < -0.4 is 5.32 Å². The molecule has 0 aliphatic carbocycles. The summed E-state index contributed by atoms with van der Waals surface area (Å²) in [5, 5.41) is 12.5. The number of nitrogens with zero attached hydrogens (tertiary/aromatic N) is 1. The zero-order valence-electron chi connectivity index (χ0n) is 13.9. The van der Waals surface area contributed by atoms with Crippen molar-refractivity contribution in [2.75, 3.05) is 19.6 Å². The van der Waals surface area contributed by atoms with E-state index in [1.807, 2.05) is 38.1 Å². The molecule has 1 aromatic carbocycles. The molecule has 1 aliphatic rings. The standard InChI is InChI=1S/C18H26N2O3/c1-13-3-5-15(6-4-13)7-8-17(22)19-11-18(23)20-10-9-14(2)16(21)12-20/h3-6,14,16,21H,7-12H2,1-2H3,(H,19,22). The Labute approximate surface area is 137 Å². The van der Waals surface area contributed by atoms with Gasteiger partial charge in [0.15, 0.2) is 0 Å². The van der Waals surface area contributed by atoms with Gasteiger partial charge in [0.2, 0.25) is 11.8 Å². The van der Waals surface area contributed by atoms with Crippen LogP contribution in [0.4, 0.5) is 0 Å². The summed E-state index contributed by atoms with van der Waals surface area (Å²) >= 11 is 0. The summed E-state index contributed by atoms with van der Waals surface area (Å²) in [6.45, 7) is 5.03. The number of likely N-dealkylation sites (tertiary alicyclic amines) is 1. The third-order valence-corrected chi connectivity index (χ3v) is 4.47. The van der Waals surface area contributed by atoms with Gasteiger partial charge in [0.1, 0.15) is 0 Å². The molecule has 5 nitrogen and oxygen atoms in total. The summed E-state index contributed by atoms with van der Waals surface area (Å²) in [6, 6.07) is 8.09. The molecular formula is C18H26N2O3. The van der Waals surface area contributed by atoms with E-state index in [4.69, 9.17) is 0 Å². The number of hydrogen-bond acceptors (Lipinski definition) is 3. The van der Waals surface area contributed by atoms with Crippen LogP contribution in [0.3, 0.4) is 0 Å². The van der Waals surface area contributed by atoms with E-state index in [0.717, 1.165) is 12.0 Å². The molecule has 126 valence electrons. The first kappa shape index (κ1) is 17.5. The third-order valence-electron chi connectivity index (χ3n) is 4.47. The van der Waals surface area contributed by atoms with Crippen molar-refractivity contribution in [1.82, 2.24) is 10.2 Å². The van der Waals surface area contributed by atoms with Crippen molar-refractivity contribution in [2.45, 2.75) is 39.2 Å². The van der Waals surface area contributed by atoms with Crippen LogP contribution in [0.15, 0.2) is 24.3 Å². The van der Waals surface area contributed by atoms with Gasteiger partial charge in [-0.3, -0.25) is 9.59 Å². The number of amides is 2. The van der Waals surface area contributed by atoms with Crippen molar-refractivity contribution in [3.8, 4) is 0 Å². The number of rotatable bonds is 5. The topological polar surface area (TPSA) is 69.6 Å². The quantitative estimate of drug-likeness (QED) is 0.859. The average molecular weight is 318 g/mol. The first-order valence-electron chi connectivity index (χ1n) is 8.24. The minimum absolute atomic E-state index is 0.00777. The molecule has 2 rings (SSSR count). The van der Waals surface area contributed by atoms with Gasteiger partial charge in [-0.1, -0.05) is 36.8 Å². The number of aliphatic hydroxyl groups is 1. The number of aryl methyl sites for hydroxylation is 2. The van der Waals surface area contributed by atoms with Crippen LogP contribution in [0.5, 0.6) is 0 Å². The van der Waals surface area contributed by atoms with Gasteiger partial charge in [-0.25, -0.2) is 0 Å². The summed E-state index contributed by atoms with van der Waals surface area (Å²) < 4.78 is 0. The van der Waals surface area contributed by atoms with E-state index in [1.54, 1.807) is 4.90 Å². The largest absolute Gasteiger partial charge is 0.391 e. The number of hydrogen-bond donors (Lipinski definition) is 2. The number of nitrogens with one attached hydrogen (secondary N) is 1. The minimum Gasteiger partial charge on any atom is -0.391 e. The number of piperidine rings is 1. The maximum Gasteiger partial charge on any atom is 0.242 e. The maximum absolute atomic E-state index is 12.1. The first-order valence-corrected chi connectivity index (χ1v) is 8.24. The third kappa shape index (κ3) is 5.36. The molecular weight excluding hydrogens is 292 g/mol. The normalized spacial score (nSPS) is 21.1. The summed E-state index contributed by atoms with van der Waals surface area (Å²) in [4.78, 5) is 25.6. The summed E-state index contributed by atoms with van der Waals surface area (Å²) in [5.41, 5.74) is 2.31.